The smallest absolute Gasteiger partial charge is 0.327 e. The van der Waals surface area contributed by atoms with Gasteiger partial charge in [0.05, 0.1) is 18.9 Å². The summed E-state index contributed by atoms with van der Waals surface area (Å²) in [5, 5.41) is 9.10. The maximum absolute atomic E-state index is 12.4. The highest BCUT2D eigenvalue weighted by Crippen LogP contribution is 2.30. The second-order valence-corrected chi connectivity index (χ2v) is 6.42. The zero-order chi connectivity index (χ0) is 15.6. The van der Waals surface area contributed by atoms with Crippen LogP contribution in [0.25, 0.3) is 0 Å². The third-order valence-electron chi connectivity index (χ3n) is 3.62. The molecule has 2 unspecified atom stereocenters. The molecule has 114 valence electrons. The van der Waals surface area contributed by atoms with E-state index in [-0.39, 0.29) is 17.7 Å². The molecule has 0 radical (unpaired) electrons. The molecule has 0 saturated carbocycles. The van der Waals surface area contributed by atoms with Crippen molar-refractivity contribution in [1.82, 2.24) is 4.90 Å². The number of methoxy groups -OCH3 is 1. The van der Waals surface area contributed by atoms with Gasteiger partial charge in [-0.1, -0.05) is 12.1 Å². The van der Waals surface area contributed by atoms with Crippen LogP contribution >= 0.6 is 11.8 Å². The summed E-state index contributed by atoms with van der Waals surface area (Å²) < 4.78 is 5.25. The summed E-state index contributed by atoms with van der Waals surface area (Å²) in [6.07, 6.45) is 0.186. The summed E-state index contributed by atoms with van der Waals surface area (Å²) in [4.78, 5) is 25.1. The van der Waals surface area contributed by atoms with Crippen LogP contribution in [0.15, 0.2) is 18.2 Å². The molecule has 6 heteroatoms. The number of carbonyl (C=O) groups is 2. The number of nitrogens with zero attached hydrogens (tertiary/aromatic N) is 1. The van der Waals surface area contributed by atoms with Crippen molar-refractivity contribution in [3.8, 4) is 5.75 Å². The number of aryl methyl sites for hydroxylation is 1. The zero-order valence-electron chi connectivity index (χ0n) is 12.3. The molecule has 21 heavy (non-hydrogen) atoms. The molecule has 5 nitrogen and oxygen atoms in total. The number of carbonyl (C=O) groups excluding carboxylic acids is 1. The van der Waals surface area contributed by atoms with Gasteiger partial charge in [0, 0.05) is 5.75 Å². The summed E-state index contributed by atoms with van der Waals surface area (Å²) in [6, 6.07) is 4.87. The zero-order valence-corrected chi connectivity index (χ0v) is 13.1. The fourth-order valence-corrected chi connectivity index (χ4v) is 3.64. The van der Waals surface area contributed by atoms with Gasteiger partial charge >= 0.3 is 5.97 Å². The molecule has 2 rings (SSSR count). The van der Waals surface area contributed by atoms with Crippen LogP contribution in [0.4, 0.5) is 0 Å². The summed E-state index contributed by atoms with van der Waals surface area (Å²) >= 11 is 1.49. The number of thioether (sulfide) groups is 1. The predicted octanol–water partition coefficient (Wildman–Crippen LogP) is 1.92. The quantitative estimate of drug-likeness (QED) is 0.920. The van der Waals surface area contributed by atoms with Crippen molar-refractivity contribution in [1.29, 1.82) is 0 Å². The first-order valence-corrected chi connectivity index (χ1v) is 7.78. The van der Waals surface area contributed by atoms with Gasteiger partial charge in [-0.25, -0.2) is 4.79 Å². The predicted molar refractivity (Wildman–Crippen MR) is 81.6 cm³/mol. The number of benzene rings is 1. The number of hydrogen-bond acceptors (Lipinski definition) is 4. The van der Waals surface area contributed by atoms with Gasteiger partial charge < -0.3 is 14.7 Å². The van der Waals surface area contributed by atoms with E-state index in [4.69, 9.17) is 4.74 Å². The van der Waals surface area contributed by atoms with Crippen molar-refractivity contribution in [2.75, 3.05) is 12.9 Å². The van der Waals surface area contributed by atoms with Gasteiger partial charge in [0.1, 0.15) is 11.8 Å². The Labute approximate surface area is 128 Å². The fourth-order valence-electron chi connectivity index (χ4n) is 2.45. The molecule has 1 aromatic carbocycles. The van der Waals surface area contributed by atoms with Gasteiger partial charge in [0.25, 0.3) is 0 Å². The number of carboxylic acids is 1. The van der Waals surface area contributed by atoms with Crippen molar-refractivity contribution in [2.24, 2.45) is 0 Å². The van der Waals surface area contributed by atoms with Gasteiger partial charge in [0.15, 0.2) is 0 Å². The Bertz CT molecular complexity index is 561. The van der Waals surface area contributed by atoms with Crippen LogP contribution in [0.1, 0.15) is 18.1 Å². The molecule has 0 aliphatic carbocycles. The van der Waals surface area contributed by atoms with Gasteiger partial charge in [-0.05, 0) is 31.0 Å². The number of carboxylic acid groups (broad SMARTS) is 1. The topological polar surface area (TPSA) is 66.8 Å². The van der Waals surface area contributed by atoms with E-state index in [0.29, 0.717) is 5.75 Å². The van der Waals surface area contributed by atoms with E-state index in [1.54, 1.807) is 7.11 Å². The van der Waals surface area contributed by atoms with E-state index >= 15 is 0 Å². The standard InChI is InChI=1S/C15H19NO4S/c1-9-4-5-11(6-13(9)20-3)7-14(17)16-10(2)21-8-12(16)15(18)19/h4-6,10,12H,7-8H2,1-3H3,(H,18,19). The molecular weight excluding hydrogens is 290 g/mol. The van der Waals surface area contributed by atoms with Crippen LogP contribution < -0.4 is 4.74 Å². The minimum atomic E-state index is -0.943. The van der Waals surface area contributed by atoms with Crippen molar-refractivity contribution < 1.29 is 19.4 Å². The monoisotopic (exact) mass is 309 g/mol. The molecule has 1 heterocycles. The van der Waals surface area contributed by atoms with Crippen LogP contribution in [0.3, 0.4) is 0 Å². The second kappa shape index (κ2) is 6.39. The highest BCUT2D eigenvalue weighted by molar-refractivity contribution is 8.00. The van der Waals surface area contributed by atoms with Crippen LogP contribution in [0.5, 0.6) is 5.75 Å². The van der Waals surface area contributed by atoms with E-state index in [9.17, 15) is 14.7 Å². The lowest BCUT2D eigenvalue weighted by Gasteiger charge is -2.25. The third-order valence-corrected chi connectivity index (χ3v) is 4.84. The molecule has 1 aliphatic heterocycles. The Kier molecular flexibility index (Phi) is 4.77. The van der Waals surface area contributed by atoms with Crippen LogP contribution in [0, 0.1) is 6.92 Å². The number of ether oxygens (including phenoxy) is 1. The third kappa shape index (κ3) is 3.32. The fraction of sp³-hybridized carbons (Fsp3) is 0.467. The first-order valence-electron chi connectivity index (χ1n) is 6.73. The number of hydrogen-bond donors (Lipinski definition) is 1. The first kappa shape index (κ1) is 15.7. The maximum Gasteiger partial charge on any atom is 0.327 e. The van der Waals surface area contributed by atoms with Crippen molar-refractivity contribution in [3.05, 3.63) is 29.3 Å². The Balaban J connectivity index is 2.15. The summed E-state index contributed by atoms with van der Waals surface area (Å²) in [6.45, 7) is 3.80. The highest BCUT2D eigenvalue weighted by atomic mass is 32.2. The SMILES string of the molecule is COc1cc(CC(=O)N2C(C)SCC2C(=O)O)ccc1C. The molecule has 0 aromatic heterocycles. The Morgan fingerprint density at radius 1 is 1.48 bits per heavy atom. The Morgan fingerprint density at radius 3 is 2.81 bits per heavy atom. The molecule has 1 N–H and O–H groups in total. The minimum absolute atomic E-state index is 0.106. The Morgan fingerprint density at radius 2 is 2.19 bits per heavy atom. The van der Waals surface area contributed by atoms with E-state index in [1.807, 2.05) is 32.0 Å². The molecule has 0 bridgehead atoms. The van der Waals surface area contributed by atoms with Gasteiger partial charge in [-0.3, -0.25) is 4.79 Å². The number of aliphatic carboxylic acids is 1. The van der Waals surface area contributed by atoms with Crippen LogP contribution in [0.2, 0.25) is 0 Å². The molecule has 0 spiro atoms. The van der Waals surface area contributed by atoms with E-state index in [1.165, 1.54) is 16.7 Å². The summed E-state index contributed by atoms with van der Waals surface area (Å²) in [5.74, 6) is 0.0749. The molecule has 1 aliphatic rings. The van der Waals surface area contributed by atoms with Crippen molar-refractivity contribution >= 4 is 23.6 Å². The number of amides is 1. The Hall–Kier alpha value is -1.69. The normalized spacial score (nSPS) is 21.4. The van der Waals surface area contributed by atoms with E-state index in [0.717, 1.165) is 16.9 Å². The van der Waals surface area contributed by atoms with Gasteiger partial charge in [-0.2, -0.15) is 0 Å². The average Bonchev–Trinajstić information content (AvgIpc) is 2.83. The highest BCUT2D eigenvalue weighted by Gasteiger charge is 2.39. The molecule has 2 atom stereocenters. The van der Waals surface area contributed by atoms with Crippen LogP contribution in [-0.4, -0.2) is 46.2 Å². The minimum Gasteiger partial charge on any atom is -0.496 e. The maximum atomic E-state index is 12.4. The van der Waals surface area contributed by atoms with E-state index < -0.39 is 12.0 Å². The second-order valence-electron chi connectivity index (χ2n) is 5.07. The molecule has 1 fully saturated rings. The average molecular weight is 309 g/mol. The molecular formula is C15H19NO4S. The van der Waals surface area contributed by atoms with E-state index in [2.05, 4.69) is 0 Å². The van der Waals surface area contributed by atoms with Crippen molar-refractivity contribution in [2.45, 2.75) is 31.7 Å². The largest absolute Gasteiger partial charge is 0.496 e. The lowest BCUT2D eigenvalue weighted by Crippen LogP contribution is -2.45. The number of rotatable bonds is 4. The summed E-state index contributed by atoms with van der Waals surface area (Å²) in [7, 11) is 1.59. The van der Waals surface area contributed by atoms with Gasteiger partial charge in [0.2, 0.25) is 5.91 Å². The van der Waals surface area contributed by atoms with Gasteiger partial charge in [-0.15, -0.1) is 11.8 Å². The lowest BCUT2D eigenvalue weighted by molar-refractivity contribution is -0.148. The van der Waals surface area contributed by atoms with Crippen LogP contribution in [-0.2, 0) is 16.0 Å². The molecule has 1 amide bonds. The first-order chi connectivity index (χ1) is 9.93. The summed E-state index contributed by atoms with van der Waals surface area (Å²) in [5.41, 5.74) is 1.83. The molecule has 1 aromatic rings. The molecule has 1 saturated heterocycles. The van der Waals surface area contributed by atoms with Crippen molar-refractivity contribution in [3.63, 3.8) is 0 Å². The lowest BCUT2D eigenvalue weighted by atomic mass is 10.1.